The van der Waals surface area contributed by atoms with E-state index < -0.39 is 0 Å². The molecular weight excluding hydrogens is 200 g/mol. The Balaban J connectivity index is 1.78. The van der Waals surface area contributed by atoms with Crippen LogP contribution in [0.4, 0.5) is 0 Å². The van der Waals surface area contributed by atoms with E-state index in [9.17, 15) is 0 Å². The lowest BCUT2D eigenvalue weighted by atomic mass is 9.71. The SMILES string of the molecule is C=CC1CCC(C2CCC(S)CC2)CC1. The largest absolute Gasteiger partial charge is 0.176 e. The van der Waals surface area contributed by atoms with E-state index in [2.05, 4.69) is 25.3 Å². The first kappa shape index (κ1) is 11.6. The van der Waals surface area contributed by atoms with Gasteiger partial charge in [-0.05, 0) is 69.1 Å². The highest BCUT2D eigenvalue weighted by Gasteiger charge is 2.29. The fraction of sp³-hybridized carbons (Fsp3) is 0.857. The van der Waals surface area contributed by atoms with E-state index in [-0.39, 0.29) is 0 Å². The molecule has 0 nitrogen and oxygen atoms in total. The number of rotatable bonds is 2. The number of hydrogen-bond donors (Lipinski definition) is 1. The minimum absolute atomic E-state index is 0.700. The van der Waals surface area contributed by atoms with Crippen molar-refractivity contribution in [2.24, 2.45) is 17.8 Å². The quantitative estimate of drug-likeness (QED) is 0.519. The molecule has 1 heteroatoms. The van der Waals surface area contributed by atoms with Crippen molar-refractivity contribution in [3.63, 3.8) is 0 Å². The molecule has 0 atom stereocenters. The molecule has 0 spiro atoms. The lowest BCUT2D eigenvalue weighted by Crippen LogP contribution is -2.25. The minimum Gasteiger partial charge on any atom is -0.176 e. The highest BCUT2D eigenvalue weighted by Crippen LogP contribution is 2.40. The third-order valence-corrected chi connectivity index (χ3v) is 5.07. The molecule has 2 aliphatic rings. The van der Waals surface area contributed by atoms with Gasteiger partial charge in [-0.3, -0.25) is 0 Å². The van der Waals surface area contributed by atoms with Gasteiger partial charge in [0.25, 0.3) is 0 Å². The van der Waals surface area contributed by atoms with Gasteiger partial charge in [-0.15, -0.1) is 6.58 Å². The van der Waals surface area contributed by atoms with Crippen LogP contribution in [0.25, 0.3) is 0 Å². The van der Waals surface area contributed by atoms with Gasteiger partial charge >= 0.3 is 0 Å². The second-order valence-electron chi connectivity index (χ2n) is 5.48. The van der Waals surface area contributed by atoms with Crippen molar-refractivity contribution in [1.29, 1.82) is 0 Å². The fourth-order valence-corrected chi connectivity index (χ4v) is 3.72. The summed E-state index contributed by atoms with van der Waals surface area (Å²) in [4.78, 5) is 0. The van der Waals surface area contributed by atoms with Gasteiger partial charge in [-0.25, -0.2) is 0 Å². The standard InChI is InChI=1S/C14H24S/c1-2-11-3-5-12(6-4-11)13-7-9-14(15)10-8-13/h2,11-15H,1,3-10H2. The summed E-state index contributed by atoms with van der Waals surface area (Å²) in [6, 6.07) is 0. The molecule has 2 saturated carbocycles. The first-order chi connectivity index (χ1) is 7.29. The van der Waals surface area contributed by atoms with Gasteiger partial charge in [0, 0.05) is 5.25 Å². The Hall–Kier alpha value is 0.0900. The van der Waals surface area contributed by atoms with Gasteiger partial charge in [0.1, 0.15) is 0 Å². The van der Waals surface area contributed by atoms with Crippen molar-refractivity contribution in [1.82, 2.24) is 0 Å². The summed E-state index contributed by atoms with van der Waals surface area (Å²) >= 11 is 4.58. The number of hydrogen-bond acceptors (Lipinski definition) is 1. The molecule has 0 aromatic rings. The molecule has 0 aromatic heterocycles. The molecule has 0 bridgehead atoms. The third-order valence-electron chi connectivity index (χ3n) is 4.56. The molecular formula is C14H24S. The second kappa shape index (κ2) is 5.43. The van der Waals surface area contributed by atoms with Crippen LogP contribution in [-0.2, 0) is 0 Å². The van der Waals surface area contributed by atoms with Gasteiger partial charge in [-0.1, -0.05) is 6.08 Å². The van der Waals surface area contributed by atoms with Crippen LogP contribution >= 0.6 is 12.6 Å². The van der Waals surface area contributed by atoms with Crippen LogP contribution in [0.3, 0.4) is 0 Å². The average molecular weight is 224 g/mol. The molecule has 86 valence electrons. The topological polar surface area (TPSA) is 0 Å². The summed E-state index contributed by atoms with van der Waals surface area (Å²) < 4.78 is 0. The van der Waals surface area contributed by atoms with Crippen molar-refractivity contribution in [3.8, 4) is 0 Å². The summed E-state index contributed by atoms with van der Waals surface area (Å²) in [5.74, 6) is 2.88. The molecule has 0 amide bonds. The van der Waals surface area contributed by atoms with E-state index in [1.165, 1.54) is 51.4 Å². The van der Waals surface area contributed by atoms with E-state index in [1.807, 2.05) is 0 Å². The smallest absolute Gasteiger partial charge is 0.00170 e. The molecule has 0 aromatic carbocycles. The van der Waals surface area contributed by atoms with Gasteiger partial charge < -0.3 is 0 Å². The highest BCUT2D eigenvalue weighted by atomic mass is 32.1. The van der Waals surface area contributed by atoms with Crippen LogP contribution in [0.1, 0.15) is 51.4 Å². The molecule has 0 saturated heterocycles. The first-order valence-corrected chi connectivity index (χ1v) is 7.12. The Bertz CT molecular complexity index is 195. The molecule has 2 aliphatic carbocycles. The van der Waals surface area contributed by atoms with Crippen molar-refractivity contribution in [2.75, 3.05) is 0 Å². The molecule has 2 fully saturated rings. The van der Waals surface area contributed by atoms with Crippen LogP contribution in [0.15, 0.2) is 12.7 Å². The Morgan fingerprint density at radius 2 is 1.27 bits per heavy atom. The highest BCUT2D eigenvalue weighted by molar-refractivity contribution is 7.80. The zero-order chi connectivity index (χ0) is 10.7. The molecule has 0 radical (unpaired) electrons. The van der Waals surface area contributed by atoms with Crippen LogP contribution in [0.2, 0.25) is 0 Å². The van der Waals surface area contributed by atoms with E-state index in [0.29, 0.717) is 5.25 Å². The zero-order valence-electron chi connectivity index (χ0n) is 9.70. The number of thiol groups is 1. The zero-order valence-corrected chi connectivity index (χ0v) is 10.6. The molecule has 0 N–H and O–H groups in total. The summed E-state index contributed by atoms with van der Waals surface area (Å²) in [6.45, 7) is 3.92. The summed E-state index contributed by atoms with van der Waals surface area (Å²) in [6.07, 6.45) is 13.5. The van der Waals surface area contributed by atoms with E-state index in [0.717, 1.165) is 17.8 Å². The second-order valence-corrected chi connectivity index (χ2v) is 6.21. The summed E-state index contributed by atoms with van der Waals surface area (Å²) in [5.41, 5.74) is 0. The summed E-state index contributed by atoms with van der Waals surface area (Å²) in [5, 5.41) is 0.700. The normalized spacial score (nSPS) is 42.5. The van der Waals surface area contributed by atoms with Crippen molar-refractivity contribution >= 4 is 12.6 Å². The Labute approximate surface area is 99.9 Å². The lowest BCUT2D eigenvalue weighted by molar-refractivity contribution is 0.182. The maximum absolute atomic E-state index is 4.58. The summed E-state index contributed by atoms with van der Waals surface area (Å²) in [7, 11) is 0. The predicted octanol–water partition coefficient (Wildman–Crippen LogP) is 4.47. The van der Waals surface area contributed by atoms with Crippen LogP contribution in [-0.4, -0.2) is 5.25 Å². The lowest BCUT2D eigenvalue weighted by Gasteiger charge is -2.36. The maximum atomic E-state index is 4.58. The maximum Gasteiger partial charge on any atom is 0.00170 e. The first-order valence-electron chi connectivity index (χ1n) is 6.60. The molecule has 0 heterocycles. The van der Waals surface area contributed by atoms with E-state index in [1.54, 1.807) is 0 Å². The Kier molecular flexibility index (Phi) is 4.19. The van der Waals surface area contributed by atoms with Gasteiger partial charge in [0.05, 0.1) is 0 Å². The van der Waals surface area contributed by atoms with Gasteiger partial charge in [0.2, 0.25) is 0 Å². The Morgan fingerprint density at radius 1 is 0.800 bits per heavy atom. The molecule has 2 rings (SSSR count). The van der Waals surface area contributed by atoms with E-state index in [4.69, 9.17) is 0 Å². The number of allylic oxidation sites excluding steroid dienone is 1. The predicted molar refractivity (Wildman–Crippen MR) is 70.4 cm³/mol. The van der Waals surface area contributed by atoms with Crippen molar-refractivity contribution in [2.45, 2.75) is 56.6 Å². The monoisotopic (exact) mass is 224 g/mol. The average Bonchev–Trinajstić information content (AvgIpc) is 2.30. The molecule has 0 unspecified atom stereocenters. The van der Waals surface area contributed by atoms with Crippen molar-refractivity contribution < 1.29 is 0 Å². The van der Waals surface area contributed by atoms with Crippen LogP contribution < -0.4 is 0 Å². The van der Waals surface area contributed by atoms with Crippen LogP contribution in [0.5, 0.6) is 0 Å². The Morgan fingerprint density at radius 3 is 1.73 bits per heavy atom. The molecule has 15 heavy (non-hydrogen) atoms. The van der Waals surface area contributed by atoms with E-state index >= 15 is 0 Å². The van der Waals surface area contributed by atoms with Gasteiger partial charge in [-0.2, -0.15) is 12.6 Å². The fourth-order valence-electron chi connectivity index (χ4n) is 3.43. The molecule has 0 aliphatic heterocycles. The minimum atomic E-state index is 0.700. The van der Waals surface area contributed by atoms with Crippen molar-refractivity contribution in [3.05, 3.63) is 12.7 Å². The third kappa shape index (κ3) is 3.03. The van der Waals surface area contributed by atoms with Gasteiger partial charge in [0.15, 0.2) is 0 Å². The van der Waals surface area contributed by atoms with Crippen LogP contribution in [0, 0.1) is 17.8 Å².